The first-order valence-electron chi connectivity index (χ1n) is 49.9. The molecule has 20 rings (SSSR count). The molecule has 734 valence electrons. The molecule has 0 fully saturated rings. The van der Waals surface area contributed by atoms with Gasteiger partial charge in [0.05, 0.1) is 108 Å². The summed E-state index contributed by atoms with van der Waals surface area (Å²) in [5.41, 5.74) is 54.0. The third-order valence-electron chi connectivity index (χ3n) is 32.2. The number of fused-ring (bicyclic) bond motifs is 6. The van der Waals surface area contributed by atoms with E-state index >= 15 is 0 Å². The van der Waals surface area contributed by atoms with Gasteiger partial charge in [0.15, 0.2) is 0 Å². The van der Waals surface area contributed by atoms with Gasteiger partial charge < -0.3 is 58.8 Å². The van der Waals surface area contributed by atoms with Crippen LogP contribution < -0.4 is 58.8 Å². The smallest absolute Gasteiger partial charge is 0.212 e. The van der Waals surface area contributed by atoms with E-state index in [2.05, 4.69) is 443 Å². The zero-order chi connectivity index (χ0) is 105. The van der Waals surface area contributed by atoms with E-state index in [1.165, 1.54) is 151 Å². The Morgan fingerprint density at radius 2 is 0.421 bits per heavy atom. The Kier molecular flexibility index (Phi) is 29.6. The highest BCUT2D eigenvalue weighted by molar-refractivity contribution is 6.01. The van der Waals surface area contributed by atoms with E-state index in [-0.39, 0.29) is 37.0 Å². The van der Waals surface area contributed by atoms with Crippen molar-refractivity contribution in [1.29, 1.82) is 0 Å². The van der Waals surface area contributed by atoms with E-state index < -0.39 is 0 Å². The Labute approximate surface area is 863 Å². The minimum atomic E-state index is 0.151. The van der Waals surface area contributed by atoms with Gasteiger partial charge in [-0.2, -0.15) is 0 Å². The van der Waals surface area contributed by atoms with Gasteiger partial charge in [-0.25, -0.2) is 29.1 Å². The average molecular weight is 1910 g/mol. The minimum Gasteiger partial charge on any atom is -0.354 e. The fraction of sp³-hybridized carbons (Fsp3) is 0.291. The lowest BCUT2D eigenvalue weighted by Crippen LogP contribution is -2.36. The molecule has 6 heterocycles. The number of rotatable bonds is 8. The SMILES string of the molecule is [C-]#[N+]c1cccc2c1N(c1c(C)c(C)c(C)c(C)c1C)[C@@H](C)N2C.[C-]#[N+]c1cccc2c1N(c1c(C)c(C)cc(C)c1C)[C@@H](C)N2C.[C-]#[N+]c1cccc2c1N(c1c(C)cc(C)c(C)c1C)[C@@H](C)N2C.[C-]#[N+]c1cccc2c1N(c1cc(-c3ccccc3)ccc1C)[C@@H](C)N2C.[C-]#[N+]c1cccc2c1N(c1cc(C)c(C)c(C)c1C)[C@@H](C)N2C.[C-]#[N+]c1cccc2c1N(c1ccc(-c3ccccc3)cc1C)[C@@H](C)N2C. The number of anilines is 18. The van der Waals surface area contributed by atoms with Crippen molar-refractivity contribution in [3.63, 3.8) is 0 Å². The van der Waals surface area contributed by atoms with Crippen molar-refractivity contribution in [1.82, 2.24) is 0 Å². The highest BCUT2D eigenvalue weighted by atomic mass is 15.5. The van der Waals surface area contributed by atoms with Gasteiger partial charge in [-0.15, -0.1) is 0 Å². The summed E-state index contributed by atoms with van der Waals surface area (Å²) in [7, 11) is 12.6. The maximum Gasteiger partial charge on any atom is 0.212 e. The van der Waals surface area contributed by atoms with E-state index in [0.29, 0.717) is 17.1 Å². The highest BCUT2D eigenvalue weighted by Crippen LogP contribution is 2.58. The second-order valence-corrected chi connectivity index (χ2v) is 39.7. The van der Waals surface area contributed by atoms with Crippen molar-refractivity contribution >= 4 is 136 Å². The number of para-hydroxylation sites is 6. The summed E-state index contributed by atoms with van der Waals surface area (Å²) in [4.78, 5) is 50.0. The van der Waals surface area contributed by atoms with Crippen LogP contribution in [0.5, 0.6) is 0 Å². The first kappa shape index (κ1) is 103. The van der Waals surface area contributed by atoms with E-state index in [1.807, 2.05) is 84.9 Å². The Morgan fingerprint density at radius 3 is 0.766 bits per heavy atom. The Hall–Kier alpha value is -16.4. The molecule has 0 radical (unpaired) electrons. The van der Waals surface area contributed by atoms with Crippen LogP contribution in [-0.4, -0.2) is 79.3 Å². The molecule has 14 aromatic carbocycles. The lowest BCUT2D eigenvalue weighted by Gasteiger charge is -2.33. The Balaban J connectivity index is 0.000000131. The predicted molar refractivity (Wildman–Crippen MR) is 616 cm³/mol. The third kappa shape index (κ3) is 18.1. The third-order valence-corrected chi connectivity index (χ3v) is 32.2. The summed E-state index contributed by atoms with van der Waals surface area (Å²) in [6.45, 7) is 100. The maximum absolute atomic E-state index is 7.61. The molecule has 145 heavy (non-hydrogen) atoms. The van der Waals surface area contributed by atoms with Crippen LogP contribution in [0.25, 0.3) is 51.3 Å². The minimum absolute atomic E-state index is 0.151. The van der Waals surface area contributed by atoms with Gasteiger partial charge in [-0.05, 0) is 362 Å². The fourth-order valence-electron chi connectivity index (χ4n) is 22.0. The first-order chi connectivity index (χ1) is 69.2. The lowest BCUT2D eigenvalue weighted by atomic mass is 9.92. The van der Waals surface area contributed by atoms with Crippen LogP contribution >= 0.6 is 0 Å². The molecule has 0 saturated heterocycles. The second kappa shape index (κ2) is 41.7. The molecule has 0 spiro atoms. The van der Waals surface area contributed by atoms with E-state index in [0.717, 1.165) is 96.7 Å². The summed E-state index contributed by atoms with van der Waals surface area (Å²) in [5.74, 6) is 0. The molecule has 6 aliphatic rings. The van der Waals surface area contributed by atoms with Crippen molar-refractivity contribution in [2.45, 2.75) is 210 Å². The Morgan fingerprint density at radius 1 is 0.166 bits per heavy atom. The van der Waals surface area contributed by atoms with E-state index in [4.69, 9.17) is 39.4 Å². The summed E-state index contributed by atoms with van der Waals surface area (Å²) in [5, 5.41) is 0. The molecule has 6 atom stereocenters. The monoisotopic (exact) mass is 1910 g/mol. The molecular formula is C127H136N18. The van der Waals surface area contributed by atoms with Gasteiger partial charge in [-0.3, -0.25) is 0 Å². The molecular weight excluding hydrogens is 1780 g/mol. The van der Waals surface area contributed by atoms with Crippen LogP contribution in [0.2, 0.25) is 0 Å². The molecule has 0 saturated carbocycles. The zero-order valence-corrected chi connectivity index (χ0v) is 90.4. The number of benzene rings is 14. The van der Waals surface area contributed by atoms with Crippen molar-refractivity contribution in [3.05, 3.63) is 399 Å². The normalized spacial score (nSPS) is 16.2. The molecule has 0 bridgehead atoms. The van der Waals surface area contributed by atoms with Gasteiger partial charge in [-0.1, -0.05) is 164 Å². The largest absolute Gasteiger partial charge is 0.354 e. The number of aryl methyl sites for hydroxylation is 7. The standard InChI is InChI=1S/2C23H21N3.C21H25N3.3C20H23N3/c1-16-15-19(18-9-6-5-7-10-18)13-14-21(16)26-17(2)25(4)22-12-8-11-20(24-3)23(22)26;1-16-13-14-19(18-9-6-5-7-10-18)15-22(16)26-17(2)25(4)21-12-8-11-20(24-3)23(21)26;1-12-13(2)15(4)20(16(5)14(12)3)24-17(6)23(8)19-11-9-10-18(22-7)21(19)24;1-12-11-19(15(4)14(3)13(12)2)23-16(5)22(7)18-10-8-9-17(21-6)20(18)23;1-12-11-13(2)19(15(4)14(12)3)23-16(5)22(7)18-10-8-9-17(21-6)20(18)23;1-12-11-13(2)15(4)19(14(12)3)23-16(5)22(7)18-10-8-9-17(21-6)20(18)23/h2*5-15,17H,1-2,4H3;9-11,17H,1-6,8H3;3*8-11,16H,1-5,7H3/t3*17-;3*16-/m000000/s1. The Bertz CT molecular complexity index is 7640. The topological polar surface area (TPSA) is 65.0 Å². The first-order valence-corrected chi connectivity index (χ1v) is 49.9. The maximum atomic E-state index is 7.61. The van der Waals surface area contributed by atoms with Gasteiger partial charge in [0.25, 0.3) is 0 Å². The van der Waals surface area contributed by atoms with Crippen LogP contribution in [-0.2, 0) is 0 Å². The van der Waals surface area contributed by atoms with E-state index in [1.54, 1.807) is 0 Å². The van der Waals surface area contributed by atoms with Crippen LogP contribution in [0.15, 0.2) is 224 Å². The molecule has 18 heteroatoms. The zero-order valence-electron chi connectivity index (χ0n) is 90.4. The predicted octanol–water partition coefficient (Wildman–Crippen LogP) is 34.2. The molecule has 0 amide bonds. The van der Waals surface area contributed by atoms with Gasteiger partial charge in [0.1, 0.15) is 37.0 Å². The molecule has 0 N–H and O–H groups in total. The van der Waals surface area contributed by atoms with Gasteiger partial charge in [0.2, 0.25) is 34.1 Å². The number of hydrogen-bond donors (Lipinski definition) is 0. The van der Waals surface area contributed by atoms with Crippen molar-refractivity contribution < 1.29 is 0 Å². The number of nitrogens with zero attached hydrogens (tertiary/aromatic N) is 18. The lowest BCUT2D eigenvalue weighted by molar-refractivity contribution is 0.730. The highest BCUT2D eigenvalue weighted by Gasteiger charge is 2.43. The van der Waals surface area contributed by atoms with Crippen molar-refractivity contribution in [2.75, 3.05) is 101 Å². The van der Waals surface area contributed by atoms with E-state index in [9.17, 15) is 0 Å². The molecule has 14 aromatic rings. The molecule has 18 nitrogen and oxygen atoms in total. The second-order valence-electron chi connectivity index (χ2n) is 39.7. The van der Waals surface area contributed by atoms with Crippen LogP contribution in [0.3, 0.4) is 0 Å². The summed E-state index contributed by atoms with van der Waals surface area (Å²) in [6, 6.07) is 76.7. The van der Waals surface area contributed by atoms with Crippen LogP contribution in [0.4, 0.5) is 136 Å². The van der Waals surface area contributed by atoms with Gasteiger partial charge in [0, 0.05) is 76.4 Å². The average Bonchev–Trinajstić information content (AvgIpc) is 1.62. The molecule has 0 aromatic heterocycles. The summed E-state index contributed by atoms with van der Waals surface area (Å²) < 4.78 is 0. The molecule has 0 unspecified atom stereocenters. The van der Waals surface area contributed by atoms with Crippen LogP contribution in [0, 0.1) is 171 Å². The van der Waals surface area contributed by atoms with Gasteiger partial charge >= 0.3 is 0 Å². The van der Waals surface area contributed by atoms with Crippen LogP contribution in [0.1, 0.15) is 147 Å². The quantitative estimate of drug-likeness (QED) is 0.136. The molecule has 6 aliphatic heterocycles. The fourth-order valence-corrected chi connectivity index (χ4v) is 22.0. The summed E-state index contributed by atoms with van der Waals surface area (Å²) >= 11 is 0. The van der Waals surface area contributed by atoms with Crippen molar-refractivity contribution in [2.24, 2.45) is 0 Å². The number of hydrogen-bond acceptors (Lipinski definition) is 12. The van der Waals surface area contributed by atoms with Crippen molar-refractivity contribution in [3.8, 4) is 22.3 Å². The summed E-state index contributed by atoms with van der Waals surface area (Å²) in [6.07, 6.45) is 1.06. The molecule has 0 aliphatic carbocycles.